The molecule has 4 rings (SSSR count). The average Bonchev–Trinajstić information content (AvgIpc) is 2.87. The van der Waals surface area contributed by atoms with Crippen molar-refractivity contribution in [2.24, 2.45) is 0 Å². The van der Waals surface area contributed by atoms with Crippen molar-refractivity contribution < 1.29 is 9.90 Å². The van der Waals surface area contributed by atoms with Gasteiger partial charge in [0, 0.05) is 17.7 Å². The maximum atomic E-state index is 13.0. The van der Waals surface area contributed by atoms with Crippen LogP contribution in [-0.4, -0.2) is 10.9 Å². The molecular formula is C21H17NO2. The Morgan fingerprint density at radius 2 is 1.38 bits per heavy atom. The molecule has 1 atom stereocenters. The molecule has 1 heterocycles. The lowest BCUT2D eigenvalue weighted by Gasteiger charge is -2.34. The number of para-hydroxylation sites is 1. The summed E-state index contributed by atoms with van der Waals surface area (Å²) in [5, 5.41) is 11.4. The predicted molar refractivity (Wildman–Crippen MR) is 93.7 cm³/mol. The SMILES string of the molecule is O=C1c2ccccc2N(Cc2ccccc2)C1(O)c1ccccc1. The number of nitrogens with zero attached hydrogens (tertiary/aromatic N) is 1. The van der Waals surface area contributed by atoms with Gasteiger partial charge < -0.3 is 10.0 Å². The van der Waals surface area contributed by atoms with Gasteiger partial charge in [-0.15, -0.1) is 0 Å². The second-order valence-corrected chi connectivity index (χ2v) is 5.96. The van der Waals surface area contributed by atoms with Gasteiger partial charge in [0.25, 0.3) is 0 Å². The number of benzene rings is 3. The Bertz CT molecular complexity index is 877. The van der Waals surface area contributed by atoms with Crippen molar-refractivity contribution in [2.45, 2.75) is 12.3 Å². The second kappa shape index (κ2) is 5.62. The van der Waals surface area contributed by atoms with Crippen molar-refractivity contribution in [3.8, 4) is 0 Å². The highest BCUT2D eigenvalue weighted by Crippen LogP contribution is 2.44. The van der Waals surface area contributed by atoms with E-state index in [-0.39, 0.29) is 5.78 Å². The molecule has 0 saturated heterocycles. The molecule has 3 heteroatoms. The van der Waals surface area contributed by atoms with Crippen LogP contribution in [0.5, 0.6) is 0 Å². The summed E-state index contributed by atoms with van der Waals surface area (Å²) in [5.41, 5.74) is 1.26. The molecule has 3 aromatic rings. The third kappa shape index (κ3) is 2.14. The van der Waals surface area contributed by atoms with E-state index in [1.54, 1.807) is 23.1 Å². The molecule has 0 amide bonds. The first-order valence-corrected chi connectivity index (χ1v) is 7.94. The zero-order valence-corrected chi connectivity index (χ0v) is 13.1. The molecular weight excluding hydrogens is 298 g/mol. The fourth-order valence-electron chi connectivity index (χ4n) is 3.31. The third-order valence-electron chi connectivity index (χ3n) is 4.51. The molecule has 0 aliphatic carbocycles. The summed E-state index contributed by atoms with van der Waals surface area (Å²) in [6.07, 6.45) is 0. The van der Waals surface area contributed by atoms with Gasteiger partial charge >= 0.3 is 0 Å². The molecule has 0 saturated carbocycles. The van der Waals surface area contributed by atoms with Crippen LogP contribution in [0.2, 0.25) is 0 Å². The summed E-state index contributed by atoms with van der Waals surface area (Å²) in [7, 11) is 0. The van der Waals surface area contributed by atoms with Crippen LogP contribution in [0.25, 0.3) is 0 Å². The molecule has 1 aliphatic heterocycles. The number of ketones is 1. The maximum absolute atomic E-state index is 13.0. The smallest absolute Gasteiger partial charge is 0.230 e. The molecule has 3 aromatic carbocycles. The zero-order valence-electron chi connectivity index (χ0n) is 13.1. The molecule has 0 bridgehead atoms. The van der Waals surface area contributed by atoms with Crippen LogP contribution >= 0.6 is 0 Å². The Labute approximate surface area is 140 Å². The Hall–Kier alpha value is -2.91. The molecule has 0 radical (unpaired) electrons. The van der Waals surface area contributed by atoms with E-state index in [1.807, 2.05) is 66.7 Å². The van der Waals surface area contributed by atoms with Gasteiger partial charge in [-0.3, -0.25) is 4.79 Å². The van der Waals surface area contributed by atoms with Crippen LogP contribution < -0.4 is 4.90 Å². The van der Waals surface area contributed by atoms with Crippen molar-refractivity contribution in [3.05, 3.63) is 102 Å². The van der Waals surface area contributed by atoms with E-state index in [2.05, 4.69) is 0 Å². The predicted octanol–water partition coefficient (Wildman–Crippen LogP) is 3.73. The summed E-state index contributed by atoms with van der Waals surface area (Å²) in [5.74, 6) is -0.278. The zero-order chi connectivity index (χ0) is 16.6. The maximum Gasteiger partial charge on any atom is 0.230 e. The van der Waals surface area contributed by atoms with Crippen molar-refractivity contribution >= 4 is 11.5 Å². The molecule has 0 aromatic heterocycles. The standard InChI is InChI=1S/C21H17NO2/c23-20-18-13-7-8-14-19(18)22(15-16-9-3-1-4-10-16)21(20,24)17-11-5-2-6-12-17/h1-14,24H,15H2. The summed E-state index contributed by atoms with van der Waals surface area (Å²) >= 11 is 0. The third-order valence-corrected chi connectivity index (χ3v) is 4.51. The van der Waals surface area contributed by atoms with Crippen molar-refractivity contribution in [2.75, 3.05) is 4.90 Å². The summed E-state index contributed by atoms with van der Waals surface area (Å²) < 4.78 is 0. The first-order valence-electron chi connectivity index (χ1n) is 7.94. The Kier molecular flexibility index (Phi) is 3.44. The van der Waals surface area contributed by atoms with E-state index in [0.717, 1.165) is 11.3 Å². The Morgan fingerprint density at radius 1 is 0.792 bits per heavy atom. The van der Waals surface area contributed by atoms with Gasteiger partial charge in [-0.1, -0.05) is 72.8 Å². The number of anilines is 1. The second-order valence-electron chi connectivity index (χ2n) is 5.96. The fraction of sp³-hybridized carbons (Fsp3) is 0.0952. The highest BCUT2D eigenvalue weighted by Gasteiger charge is 2.51. The van der Waals surface area contributed by atoms with Crippen LogP contribution in [0.1, 0.15) is 21.5 Å². The number of rotatable bonds is 3. The van der Waals surface area contributed by atoms with Crippen LogP contribution in [0.3, 0.4) is 0 Å². The van der Waals surface area contributed by atoms with Crippen molar-refractivity contribution in [1.82, 2.24) is 0 Å². The molecule has 1 aliphatic rings. The molecule has 1 N–H and O–H groups in total. The lowest BCUT2D eigenvalue weighted by Crippen LogP contribution is -2.47. The van der Waals surface area contributed by atoms with E-state index in [1.165, 1.54) is 0 Å². The van der Waals surface area contributed by atoms with E-state index < -0.39 is 5.72 Å². The van der Waals surface area contributed by atoms with E-state index in [0.29, 0.717) is 17.7 Å². The summed E-state index contributed by atoms with van der Waals surface area (Å²) in [6.45, 7) is 0.453. The van der Waals surface area contributed by atoms with Crippen LogP contribution in [0, 0.1) is 0 Å². The lowest BCUT2D eigenvalue weighted by molar-refractivity contribution is 0.0320. The minimum atomic E-state index is -1.68. The number of carbonyl (C=O) groups is 1. The largest absolute Gasteiger partial charge is 0.361 e. The normalized spacial score (nSPS) is 19.4. The van der Waals surface area contributed by atoms with Gasteiger partial charge in [-0.25, -0.2) is 0 Å². The molecule has 3 nitrogen and oxygen atoms in total. The highest BCUT2D eigenvalue weighted by atomic mass is 16.3. The van der Waals surface area contributed by atoms with Gasteiger partial charge in [0.2, 0.25) is 11.5 Å². The summed E-state index contributed by atoms with van der Waals surface area (Å²) in [4.78, 5) is 14.8. The Morgan fingerprint density at radius 3 is 2.08 bits per heavy atom. The van der Waals surface area contributed by atoms with Crippen molar-refractivity contribution in [1.29, 1.82) is 0 Å². The van der Waals surface area contributed by atoms with Crippen LogP contribution in [-0.2, 0) is 12.3 Å². The fourth-order valence-corrected chi connectivity index (χ4v) is 3.31. The van der Waals surface area contributed by atoms with Gasteiger partial charge in [0.15, 0.2) is 0 Å². The first-order chi connectivity index (χ1) is 11.7. The lowest BCUT2D eigenvalue weighted by atomic mass is 9.96. The number of aliphatic hydroxyl groups is 1. The topological polar surface area (TPSA) is 40.5 Å². The first kappa shape index (κ1) is 14.7. The molecule has 0 fully saturated rings. The molecule has 0 spiro atoms. The van der Waals surface area contributed by atoms with Crippen LogP contribution in [0.4, 0.5) is 5.69 Å². The van der Waals surface area contributed by atoms with Gasteiger partial charge in [-0.05, 0) is 17.7 Å². The molecule has 1 unspecified atom stereocenters. The van der Waals surface area contributed by atoms with Crippen LogP contribution in [0.15, 0.2) is 84.9 Å². The van der Waals surface area contributed by atoms with E-state index in [4.69, 9.17) is 0 Å². The van der Waals surface area contributed by atoms with Crippen molar-refractivity contribution in [3.63, 3.8) is 0 Å². The monoisotopic (exact) mass is 315 g/mol. The van der Waals surface area contributed by atoms with Gasteiger partial charge in [0.05, 0.1) is 5.69 Å². The minimum Gasteiger partial charge on any atom is -0.361 e. The van der Waals surface area contributed by atoms with E-state index in [9.17, 15) is 9.90 Å². The molecule has 118 valence electrons. The number of fused-ring (bicyclic) bond motifs is 1. The molecule has 24 heavy (non-hydrogen) atoms. The number of hydrogen-bond acceptors (Lipinski definition) is 3. The summed E-state index contributed by atoms with van der Waals surface area (Å²) in [6, 6.07) is 26.4. The Balaban J connectivity index is 1.87. The highest BCUT2D eigenvalue weighted by molar-refractivity contribution is 6.13. The number of Topliss-reactive ketones (excluding diaryl/α,β-unsaturated/α-hetero) is 1. The quantitative estimate of drug-likeness (QED) is 0.800. The number of carbonyl (C=O) groups excluding carboxylic acids is 1. The number of hydrogen-bond donors (Lipinski definition) is 1. The van der Waals surface area contributed by atoms with Gasteiger partial charge in [0.1, 0.15) is 0 Å². The minimum absolute atomic E-state index is 0.278. The van der Waals surface area contributed by atoms with E-state index >= 15 is 0 Å². The average molecular weight is 315 g/mol. The van der Waals surface area contributed by atoms with Gasteiger partial charge in [-0.2, -0.15) is 0 Å².